The molecule has 0 unspecified atom stereocenters. The molecule has 0 saturated heterocycles. The van der Waals surface area contributed by atoms with Gasteiger partial charge in [-0.25, -0.2) is 0 Å². The van der Waals surface area contributed by atoms with Gasteiger partial charge in [-0.3, -0.25) is 0 Å². The first-order valence-electron chi connectivity index (χ1n) is 5.99. The summed E-state index contributed by atoms with van der Waals surface area (Å²) in [4.78, 5) is 0. The topological polar surface area (TPSA) is 12.0 Å². The number of nitrogens with one attached hydrogen (secondary N) is 1. The van der Waals surface area contributed by atoms with Crippen molar-refractivity contribution >= 4 is 33.2 Å². The van der Waals surface area contributed by atoms with Gasteiger partial charge in [-0.15, -0.1) is 11.6 Å². The summed E-state index contributed by atoms with van der Waals surface area (Å²) in [6.07, 6.45) is -2.75. The van der Waals surface area contributed by atoms with Gasteiger partial charge in [0, 0.05) is 16.0 Å². The third kappa shape index (κ3) is 4.02. The molecule has 19 heavy (non-hydrogen) atoms. The van der Waals surface area contributed by atoms with Gasteiger partial charge in [-0.2, -0.15) is 13.2 Å². The van der Waals surface area contributed by atoms with Crippen LogP contribution in [0.15, 0.2) is 22.7 Å². The van der Waals surface area contributed by atoms with Gasteiger partial charge in [0.05, 0.1) is 11.1 Å². The van der Waals surface area contributed by atoms with E-state index in [9.17, 15) is 13.2 Å². The second kappa shape index (κ2) is 6.35. The molecule has 1 aromatic carbocycles. The molecular weight excluding hydrogens is 343 g/mol. The summed E-state index contributed by atoms with van der Waals surface area (Å²) >= 11 is 9.15. The smallest absolute Gasteiger partial charge is 0.378 e. The van der Waals surface area contributed by atoms with E-state index >= 15 is 0 Å². The Hall–Kier alpha value is -0.420. The summed E-state index contributed by atoms with van der Waals surface area (Å²) in [5.74, 6) is 0.396. The molecule has 0 aromatic heterocycles. The van der Waals surface area contributed by atoms with Crippen molar-refractivity contribution in [2.45, 2.75) is 38.4 Å². The molecule has 0 aliphatic carbocycles. The van der Waals surface area contributed by atoms with Crippen LogP contribution in [0.3, 0.4) is 0 Å². The van der Waals surface area contributed by atoms with Crippen LogP contribution in [0.4, 0.5) is 18.9 Å². The van der Waals surface area contributed by atoms with Crippen LogP contribution in [0.1, 0.15) is 32.3 Å². The summed E-state index contributed by atoms with van der Waals surface area (Å²) in [6.45, 7) is 3.99. The lowest BCUT2D eigenvalue weighted by Crippen LogP contribution is -2.39. The van der Waals surface area contributed by atoms with E-state index in [4.69, 9.17) is 11.6 Å². The lowest BCUT2D eigenvalue weighted by molar-refractivity contribution is -0.137. The molecule has 0 spiro atoms. The molecule has 108 valence electrons. The number of hydrogen-bond acceptors (Lipinski definition) is 1. The maximum absolute atomic E-state index is 12.6. The summed E-state index contributed by atoms with van der Waals surface area (Å²) in [5.41, 5.74) is -0.351. The average Bonchev–Trinajstić information content (AvgIpc) is 2.37. The van der Waals surface area contributed by atoms with Gasteiger partial charge in [0.25, 0.3) is 0 Å². The first kappa shape index (κ1) is 16.6. The first-order chi connectivity index (χ1) is 8.78. The zero-order valence-electron chi connectivity index (χ0n) is 10.7. The van der Waals surface area contributed by atoms with Crippen LogP contribution in [0.5, 0.6) is 0 Å². The SMILES string of the molecule is CCC(CC)(CCl)Nc1ccc(C(F)(F)F)cc1Br. The second-order valence-corrected chi connectivity index (χ2v) is 5.56. The van der Waals surface area contributed by atoms with Gasteiger partial charge in [-0.1, -0.05) is 13.8 Å². The van der Waals surface area contributed by atoms with Crippen LogP contribution < -0.4 is 5.32 Å². The number of hydrogen-bond donors (Lipinski definition) is 1. The fraction of sp³-hybridized carbons (Fsp3) is 0.538. The molecule has 0 fully saturated rings. The lowest BCUT2D eigenvalue weighted by atomic mass is 9.94. The minimum Gasteiger partial charge on any atom is -0.378 e. The molecule has 1 N–H and O–H groups in total. The van der Waals surface area contributed by atoms with E-state index in [2.05, 4.69) is 21.2 Å². The highest BCUT2D eigenvalue weighted by molar-refractivity contribution is 9.10. The predicted octanol–water partition coefficient (Wildman–Crippen LogP) is 5.68. The molecule has 0 atom stereocenters. The predicted molar refractivity (Wildman–Crippen MR) is 76.8 cm³/mol. The number of rotatable bonds is 5. The molecule has 0 amide bonds. The molecule has 0 aliphatic heterocycles. The molecule has 0 aliphatic rings. The molecule has 1 nitrogen and oxygen atoms in total. The Balaban J connectivity index is 3.04. The molecule has 1 rings (SSSR count). The summed E-state index contributed by atoms with van der Waals surface area (Å²) in [5, 5.41) is 3.24. The van der Waals surface area contributed by atoms with Gasteiger partial charge in [0.15, 0.2) is 0 Å². The fourth-order valence-electron chi connectivity index (χ4n) is 1.73. The third-order valence-corrected chi connectivity index (χ3v) is 4.47. The van der Waals surface area contributed by atoms with Crippen LogP contribution in [-0.4, -0.2) is 11.4 Å². The summed E-state index contributed by atoms with van der Waals surface area (Å²) < 4.78 is 38.1. The van der Waals surface area contributed by atoms with Crippen molar-refractivity contribution in [3.63, 3.8) is 0 Å². The number of alkyl halides is 4. The number of halogens is 5. The van der Waals surface area contributed by atoms with Crippen molar-refractivity contribution in [3.8, 4) is 0 Å². The van der Waals surface area contributed by atoms with Gasteiger partial charge < -0.3 is 5.32 Å². The molecule has 0 saturated carbocycles. The van der Waals surface area contributed by atoms with E-state index in [0.717, 1.165) is 25.0 Å². The van der Waals surface area contributed by atoms with Crippen LogP contribution in [0.2, 0.25) is 0 Å². The van der Waals surface area contributed by atoms with Gasteiger partial charge >= 0.3 is 6.18 Å². The van der Waals surface area contributed by atoms with E-state index in [-0.39, 0.29) is 5.54 Å². The van der Waals surface area contributed by atoms with Crippen molar-refractivity contribution in [1.29, 1.82) is 0 Å². The van der Waals surface area contributed by atoms with Gasteiger partial charge in [0.1, 0.15) is 0 Å². The molecule has 0 heterocycles. The number of anilines is 1. The quantitative estimate of drug-likeness (QED) is 0.668. The zero-order valence-corrected chi connectivity index (χ0v) is 13.1. The van der Waals surface area contributed by atoms with Crippen LogP contribution in [0.25, 0.3) is 0 Å². The van der Waals surface area contributed by atoms with E-state index in [1.54, 1.807) is 0 Å². The van der Waals surface area contributed by atoms with E-state index in [1.165, 1.54) is 6.07 Å². The number of benzene rings is 1. The fourth-order valence-corrected chi connectivity index (χ4v) is 2.65. The molecule has 0 bridgehead atoms. The Morgan fingerprint density at radius 1 is 1.21 bits per heavy atom. The highest BCUT2D eigenvalue weighted by atomic mass is 79.9. The molecule has 6 heteroatoms. The van der Waals surface area contributed by atoms with Crippen LogP contribution >= 0.6 is 27.5 Å². The Bertz CT molecular complexity index is 422. The molecule has 1 aromatic rings. The van der Waals surface area contributed by atoms with Gasteiger partial charge in [0.2, 0.25) is 0 Å². The third-order valence-electron chi connectivity index (χ3n) is 3.31. The second-order valence-electron chi connectivity index (χ2n) is 4.44. The van der Waals surface area contributed by atoms with Crippen molar-refractivity contribution in [2.75, 3.05) is 11.2 Å². The Morgan fingerprint density at radius 2 is 1.79 bits per heavy atom. The highest BCUT2D eigenvalue weighted by Gasteiger charge is 2.31. The minimum absolute atomic E-state index is 0.302. The average molecular weight is 359 g/mol. The van der Waals surface area contributed by atoms with E-state index in [0.29, 0.717) is 16.0 Å². The van der Waals surface area contributed by atoms with Crippen LogP contribution in [-0.2, 0) is 6.18 Å². The van der Waals surface area contributed by atoms with Crippen LogP contribution in [0, 0.1) is 0 Å². The first-order valence-corrected chi connectivity index (χ1v) is 7.31. The standard InChI is InChI=1S/C13H16BrClF3N/c1-3-12(4-2,8-15)19-11-6-5-9(7-10(11)14)13(16,17)18/h5-7,19H,3-4,8H2,1-2H3. The monoisotopic (exact) mass is 357 g/mol. The molecule has 0 radical (unpaired) electrons. The van der Waals surface area contributed by atoms with Crippen molar-refractivity contribution in [3.05, 3.63) is 28.2 Å². The van der Waals surface area contributed by atoms with Crippen molar-refractivity contribution < 1.29 is 13.2 Å². The van der Waals surface area contributed by atoms with Gasteiger partial charge in [-0.05, 0) is 47.0 Å². The van der Waals surface area contributed by atoms with E-state index < -0.39 is 11.7 Å². The Labute approximate surface area is 124 Å². The largest absolute Gasteiger partial charge is 0.416 e. The van der Waals surface area contributed by atoms with Crippen molar-refractivity contribution in [1.82, 2.24) is 0 Å². The highest BCUT2D eigenvalue weighted by Crippen LogP contribution is 2.35. The zero-order chi connectivity index (χ0) is 14.7. The maximum Gasteiger partial charge on any atom is 0.416 e. The normalized spacial score (nSPS) is 12.6. The van der Waals surface area contributed by atoms with Crippen molar-refractivity contribution in [2.24, 2.45) is 0 Å². The lowest BCUT2D eigenvalue weighted by Gasteiger charge is -2.32. The van der Waals surface area contributed by atoms with E-state index in [1.807, 2.05) is 13.8 Å². The summed E-state index contributed by atoms with van der Waals surface area (Å²) in [6, 6.07) is 3.57. The minimum atomic E-state index is -4.33. The Kier molecular flexibility index (Phi) is 5.56. The maximum atomic E-state index is 12.6. The molecular formula is C13H16BrClF3N. The Morgan fingerprint density at radius 3 is 2.16 bits per heavy atom. The summed E-state index contributed by atoms with van der Waals surface area (Å²) in [7, 11) is 0.